The largest absolute Gasteiger partial charge is 0.389 e. The normalized spacial score (nSPS) is 14.7. The molecule has 0 radical (unpaired) electrons. The van der Waals surface area contributed by atoms with Crippen molar-refractivity contribution in [2.75, 3.05) is 4.90 Å². The van der Waals surface area contributed by atoms with Gasteiger partial charge in [-0.2, -0.15) is 13.2 Å². The number of anilines is 1. The number of hydrogen-bond donors (Lipinski definition) is 0. The highest BCUT2D eigenvalue weighted by molar-refractivity contribution is 5.40. The second-order valence-electron chi connectivity index (χ2n) is 7.23. The molecule has 0 amide bonds. The first-order valence-electron chi connectivity index (χ1n) is 8.11. The lowest BCUT2D eigenvalue weighted by Crippen LogP contribution is -2.19. The summed E-state index contributed by atoms with van der Waals surface area (Å²) in [6, 6.07) is 1.52. The minimum Gasteiger partial charge on any atom is -0.330 e. The molecular weight excluding hydrogens is 331 g/mol. The van der Waals surface area contributed by atoms with E-state index in [2.05, 4.69) is 40.7 Å². The quantitative estimate of drug-likeness (QED) is 0.846. The van der Waals surface area contributed by atoms with Crippen molar-refractivity contribution in [3.05, 3.63) is 41.2 Å². The van der Waals surface area contributed by atoms with Crippen LogP contribution in [0.25, 0.3) is 0 Å². The van der Waals surface area contributed by atoms with Gasteiger partial charge in [-0.05, 0) is 12.5 Å². The van der Waals surface area contributed by atoms with Gasteiger partial charge in [0.05, 0.1) is 12.2 Å². The first kappa shape index (κ1) is 17.6. The van der Waals surface area contributed by atoms with Gasteiger partial charge in [-0.3, -0.25) is 0 Å². The number of aromatic nitrogens is 4. The summed E-state index contributed by atoms with van der Waals surface area (Å²) in [5.41, 5.74) is 2.16. The van der Waals surface area contributed by atoms with Crippen molar-refractivity contribution in [2.45, 2.75) is 58.3 Å². The first-order chi connectivity index (χ1) is 11.6. The Morgan fingerprint density at radius 2 is 1.84 bits per heavy atom. The predicted molar refractivity (Wildman–Crippen MR) is 87.0 cm³/mol. The van der Waals surface area contributed by atoms with Crippen molar-refractivity contribution < 1.29 is 13.2 Å². The van der Waals surface area contributed by atoms with Crippen LogP contribution in [-0.4, -0.2) is 26.1 Å². The Hall–Kier alpha value is -2.25. The predicted octanol–water partition coefficient (Wildman–Crippen LogP) is 3.58. The van der Waals surface area contributed by atoms with Gasteiger partial charge in [-0.15, -0.1) is 0 Å². The van der Waals surface area contributed by atoms with Gasteiger partial charge in [-0.1, -0.05) is 20.8 Å². The van der Waals surface area contributed by atoms with Crippen LogP contribution < -0.4 is 4.90 Å². The van der Waals surface area contributed by atoms with Gasteiger partial charge in [0.25, 0.3) is 0 Å². The van der Waals surface area contributed by atoms with E-state index in [1.54, 1.807) is 0 Å². The van der Waals surface area contributed by atoms with Gasteiger partial charge in [0.15, 0.2) is 0 Å². The fraction of sp³-hybridized carbons (Fsp3) is 0.529. The molecule has 0 saturated carbocycles. The second-order valence-corrected chi connectivity index (χ2v) is 7.23. The highest BCUT2D eigenvalue weighted by Gasteiger charge is 2.28. The van der Waals surface area contributed by atoms with Gasteiger partial charge >= 0.3 is 6.18 Å². The van der Waals surface area contributed by atoms with Crippen LogP contribution in [0.3, 0.4) is 0 Å². The third-order valence-electron chi connectivity index (χ3n) is 3.97. The Morgan fingerprint density at radius 3 is 2.52 bits per heavy atom. The van der Waals surface area contributed by atoms with Gasteiger partial charge in [0, 0.05) is 42.0 Å². The van der Waals surface area contributed by atoms with E-state index in [9.17, 15) is 13.2 Å². The molecule has 0 aromatic carbocycles. The van der Waals surface area contributed by atoms with E-state index in [0.717, 1.165) is 17.1 Å². The zero-order valence-electron chi connectivity index (χ0n) is 14.4. The minimum absolute atomic E-state index is 0.142. The van der Waals surface area contributed by atoms with E-state index in [0.29, 0.717) is 24.7 Å². The van der Waals surface area contributed by atoms with Crippen molar-refractivity contribution in [3.8, 4) is 0 Å². The van der Waals surface area contributed by atoms with Crippen molar-refractivity contribution in [3.63, 3.8) is 0 Å². The summed E-state index contributed by atoms with van der Waals surface area (Å²) in [7, 11) is 0. The first-order valence-corrected chi connectivity index (χ1v) is 8.11. The average Bonchev–Trinajstić information content (AvgIpc) is 2.95. The Kier molecular flexibility index (Phi) is 4.38. The summed E-state index contributed by atoms with van der Waals surface area (Å²) >= 11 is 0. The topological polar surface area (TPSA) is 54.8 Å². The highest BCUT2D eigenvalue weighted by atomic mass is 19.4. The van der Waals surface area contributed by atoms with Crippen molar-refractivity contribution in [1.82, 2.24) is 19.9 Å². The third-order valence-corrected chi connectivity index (χ3v) is 3.97. The van der Waals surface area contributed by atoms with Crippen LogP contribution in [-0.2, 0) is 24.9 Å². The number of halogens is 3. The molecule has 1 aliphatic heterocycles. The Morgan fingerprint density at radius 1 is 1.08 bits per heavy atom. The second kappa shape index (κ2) is 6.24. The Labute approximate surface area is 144 Å². The fourth-order valence-electron chi connectivity index (χ4n) is 2.60. The lowest BCUT2D eigenvalue weighted by atomic mass is 9.95. The summed E-state index contributed by atoms with van der Waals surface area (Å²) in [5.74, 6) is 1.20. The van der Waals surface area contributed by atoms with E-state index in [-0.39, 0.29) is 11.8 Å². The fourth-order valence-corrected chi connectivity index (χ4v) is 2.60. The zero-order valence-corrected chi connectivity index (χ0v) is 14.4. The summed E-state index contributed by atoms with van der Waals surface area (Å²) in [5, 5.41) is 0. The van der Waals surface area contributed by atoms with Crippen molar-refractivity contribution in [2.24, 2.45) is 0 Å². The molecule has 0 fully saturated rings. The number of fused-ring (bicyclic) bond motifs is 1. The maximum Gasteiger partial charge on any atom is 0.389 e. The molecule has 0 bridgehead atoms. The Balaban J connectivity index is 1.76. The molecule has 5 nitrogen and oxygen atoms in total. The molecule has 0 spiro atoms. The molecule has 2 aromatic rings. The van der Waals surface area contributed by atoms with Crippen LogP contribution in [0.4, 0.5) is 19.1 Å². The van der Waals surface area contributed by atoms with Crippen LogP contribution in [0.2, 0.25) is 0 Å². The molecule has 0 saturated heterocycles. The minimum atomic E-state index is -4.19. The number of alkyl halides is 3. The number of rotatable bonds is 3. The zero-order chi connectivity index (χ0) is 18.2. The lowest BCUT2D eigenvalue weighted by molar-refractivity contribution is -0.134. The SMILES string of the molecule is CC(C)(C)c1ncc2c(n1)CN(c1nccc(CCC(F)(F)F)n1)C2. The van der Waals surface area contributed by atoms with Gasteiger partial charge < -0.3 is 4.90 Å². The highest BCUT2D eigenvalue weighted by Crippen LogP contribution is 2.27. The van der Waals surface area contributed by atoms with Gasteiger partial charge in [0.1, 0.15) is 5.82 Å². The van der Waals surface area contributed by atoms with Crippen LogP contribution in [0.15, 0.2) is 18.5 Å². The molecule has 134 valence electrons. The molecule has 0 N–H and O–H groups in total. The summed E-state index contributed by atoms with van der Waals surface area (Å²) in [6.07, 6.45) is -1.90. The smallest absolute Gasteiger partial charge is 0.330 e. The van der Waals surface area contributed by atoms with E-state index in [4.69, 9.17) is 0 Å². The van der Waals surface area contributed by atoms with Crippen LogP contribution in [0, 0.1) is 0 Å². The average molecular weight is 351 g/mol. The molecule has 8 heteroatoms. The van der Waals surface area contributed by atoms with E-state index in [1.807, 2.05) is 11.1 Å². The molecule has 3 heterocycles. The summed E-state index contributed by atoms with van der Waals surface area (Å²) in [6.45, 7) is 7.24. The van der Waals surface area contributed by atoms with Crippen LogP contribution in [0.5, 0.6) is 0 Å². The molecule has 25 heavy (non-hydrogen) atoms. The number of hydrogen-bond acceptors (Lipinski definition) is 5. The third kappa shape index (κ3) is 4.24. The molecule has 3 rings (SSSR count). The summed E-state index contributed by atoms with van der Waals surface area (Å²) < 4.78 is 37.2. The molecular formula is C17H20F3N5. The van der Waals surface area contributed by atoms with Crippen LogP contribution in [0.1, 0.15) is 50.0 Å². The van der Waals surface area contributed by atoms with E-state index in [1.165, 1.54) is 12.3 Å². The van der Waals surface area contributed by atoms with Gasteiger partial charge in [0.2, 0.25) is 5.95 Å². The monoisotopic (exact) mass is 351 g/mol. The van der Waals surface area contributed by atoms with Crippen LogP contribution >= 0.6 is 0 Å². The molecule has 1 aliphatic rings. The van der Waals surface area contributed by atoms with Crippen molar-refractivity contribution in [1.29, 1.82) is 0 Å². The Bertz CT molecular complexity index is 768. The molecule has 0 unspecified atom stereocenters. The molecule has 2 aromatic heterocycles. The van der Waals surface area contributed by atoms with E-state index < -0.39 is 12.6 Å². The summed E-state index contributed by atoms with van der Waals surface area (Å²) in [4.78, 5) is 19.4. The molecule has 0 aliphatic carbocycles. The lowest BCUT2D eigenvalue weighted by Gasteiger charge is -2.16. The van der Waals surface area contributed by atoms with Crippen molar-refractivity contribution >= 4 is 5.95 Å². The molecule has 0 atom stereocenters. The van der Waals surface area contributed by atoms with Gasteiger partial charge in [-0.25, -0.2) is 19.9 Å². The maximum atomic E-state index is 12.4. The van der Waals surface area contributed by atoms with E-state index >= 15 is 0 Å². The number of nitrogens with zero attached hydrogens (tertiary/aromatic N) is 5. The maximum absolute atomic E-state index is 12.4. The number of aryl methyl sites for hydroxylation is 1. The standard InChI is InChI=1S/C17H20F3N5/c1-16(2,3)14-22-8-11-9-25(10-13(11)24-14)15-21-7-5-12(23-15)4-6-17(18,19)20/h5,7-8H,4,6,9-10H2,1-3H3.